The topological polar surface area (TPSA) is 42.0 Å². The van der Waals surface area contributed by atoms with E-state index in [9.17, 15) is 4.79 Å². The van der Waals surface area contributed by atoms with Gasteiger partial charge in [0.15, 0.2) is 0 Å². The Morgan fingerprint density at radius 3 is 2.00 bits per heavy atom. The van der Waals surface area contributed by atoms with Crippen LogP contribution in [0, 0.1) is 0 Å². The molecule has 0 aliphatic heterocycles. The van der Waals surface area contributed by atoms with Crippen molar-refractivity contribution in [1.29, 1.82) is 0 Å². The van der Waals surface area contributed by atoms with Crippen molar-refractivity contribution < 1.29 is 4.79 Å². The van der Waals surface area contributed by atoms with Gasteiger partial charge >= 0.3 is 0 Å². The van der Waals surface area contributed by atoms with Gasteiger partial charge in [0.05, 0.1) is 5.54 Å². The fraction of sp³-hybridized carbons (Fsp3) is 0.100. The lowest BCUT2D eigenvalue weighted by Gasteiger charge is -2.32. The monoisotopic (exact) mass is 336 g/mol. The van der Waals surface area contributed by atoms with Gasteiger partial charge in [0.1, 0.15) is 5.15 Å². The number of pyridine rings is 1. The second-order valence-electron chi connectivity index (χ2n) is 5.68. The van der Waals surface area contributed by atoms with Crippen LogP contribution in [0.25, 0.3) is 0 Å². The van der Waals surface area contributed by atoms with Crippen molar-refractivity contribution in [3.05, 3.63) is 101 Å². The fourth-order valence-corrected chi connectivity index (χ4v) is 2.87. The van der Waals surface area contributed by atoms with E-state index in [-0.39, 0.29) is 5.91 Å². The number of benzene rings is 2. The maximum Gasteiger partial charge on any atom is 0.252 e. The first-order valence-electron chi connectivity index (χ1n) is 7.65. The summed E-state index contributed by atoms with van der Waals surface area (Å²) in [6.45, 7) is 2.00. The average molecular weight is 337 g/mol. The van der Waals surface area contributed by atoms with E-state index in [2.05, 4.69) is 10.3 Å². The molecule has 24 heavy (non-hydrogen) atoms. The minimum absolute atomic E-state index is 0.200. The summed E-state index contributed by atoms with van der Waals surface area (Å²) in [4.78, 5) is 16.7. The molecule has 0 aliphatic rings. The smallest absolute Gasteiger partial charge is 0.252 e. The first-order chi connectivity index (χ1) is 11.6. The standard InChI is InChI=1S/C20H17ClN2O/c1-20(16-8-4-2-5-9-16,17-10-6-3-7-11-17)23-19(24)15-12-13-22-18(21)14-15/h2-14H,1H3,(H,23,24). The second kappa shape index (κ2) is 6.85. The zero-order valence-electron chi connectivity index (χ0n) is 13.2. The minimum Gasteiger partial charge on any atom is -0.339 e. The number of rotatable bonds is 4. The summed E-state index contributed by atoms with van der Waals surface area (Å²) in [5, 5.41) is 3.44. The van der Waals surface area contributed by atoms with E-state index in [0.717, 1.165) is 11.1 Å². The van der Waals surface area contributed by atoms with E-state index in [1.807, 2.05) is 67.6 Å². The lowest BCUT2D eigenvalue weighted by molar-refractivity contribution is 0.0919. The molecule has 0 atom stereocenters. The Hall–Kier alpha value is -2.65. The lowest BCUT2D eigenvalue weighted by Crippen LogP contribution is -2.44. The number of carbonyl (C=O) groups is 1. The van der Waals surface area contributed by atoms with E-state index in [1.165, 1.54) is 6.20 Å². The van der Waals surface area contributed by atoms with Crippen molar-refractivity contribution in [3.8, 4) is 0 Å². The maximum atomic E-state index is 12.8. The molecule has 0 radical (unpaired) electrons. The third-order valence-electron chi connectivity index (χ3n) is 4.05. The van der Waals surface area contributed by atoms with Crippen LogP contribution in [-0.4, -0.2) is 10.9 Å². The number of nitrogens with zero attached hydrogens (tertiary/aromatic N) is 1. The van der Waals surface area contributed by atoms with Crippen LogP contribution in [0.2, 0.25) is 5.15 Å². The summed E-state index contributed by atoms with van der Waals surface area (Å²) >= 11 is 5.90. The molecule has 3 aromatic rings. The Bertz CT molecular complexity index is 795. The molecule has 1 amide bonds. The van der Waals surface area contributed by atoms with Crippen molar-refractivity contribution in [1.82, 2.24) is 10.3 Å². The highest BCUT2D eigenvalue weighted by Crippen LogP contribution is 2.29. The van der Waals surface area contributed by atoms with Crippen LogP contribution in [0.1, 0.15) is 28.4 Å². The molecule has 1 aromatic heterocycles. The molecule has 0 bridgehead atoms. The van der Waals surface area contributed by atoms with Gasteiger partial charge in [-0.2, -0.15) is 0 Å². The van der Waals surface area contributed by atoms with E-state index >= 15 is 0 Å². The Balaban J connectivity index is 2.01. The van der Waals surface area contributed by atoms with Gasteiger partial charge in [-0.15, -0.1) is 0 Å². The zero-order chi connectivity index (χ0) is 17.0. The van der Waals surface area contributed by atoms with Crippen LogP contribution in [-0.2, 0) is 5.54 Å². The molecule has 0 saturated carbocycles. The predicted molar refractivity (Wildman–Crippen MR) is 96.1 cm³/mol. The molecule has 4 heteroatoms. The SMILES string of the molecule is CC(NC(=O)c1ccnc(Cl)c1)(c1ccccc1)c1ccccc1. The molecule has 2 aromatic carbocycles. The van der Waals surface area contributed by atoms with Crippen LogP contribution in [0.15, 0.2) is 79.0 Å². The number of halogens is 1. The summed E-state index contributed by atoms with van der Waals surface area (Å²) in [5.74, 6) is -0.200. The molecule has 0 fully saturated rings. The third kappa shape index (κ3) is 3.31. The molecule has 0 saturated heterocycles. The Morgan fingerprint density at radius 1 is 0.958 bits per heavy atom. The molecule has 0 aliphatic carbocycles. The number of carbonyl (C=O) groups excluding carboxylic acids is 1. The quantitative estimate of drug-likeness (QED) is 0.716. The summed E-state index contributed by atoms with van der Waals surface area (Å²) in [7, 11) is 0. The van der Waals surface area contributed by atoms with Gasteiger partial charge in [0, 0.05) is 11.8 Å². The normalized spacial score (nSPS) is 11.1. The van der Waals surface area contributed by atoms with Crippen LogP contribution < -0.4 is 5.32 Å². The molecule has 3 rings (SSSR count). The molecule has 3 nitrogen and oxygen atoms in total. The van der Waals surface area contributed by atoms with Crippen molar-refractivity contribution in [2.45, 2.75) is 12.5 Å². The van der Waals surface area contributed by atoms with E-state index in [0.29, 0.717) is 10.7 Å². The van der Waals surface area contributed by atoms with Crippen LogP contribution in [0.4, 0.5) is 0 Å². The van der Waals surface area contributed by atoms with Crippen LogP contribution >= 0.6 is 11.6 Å². The molecule has 1 heterocycles. The molecule has 0 unspecified atom stereocenters. The van der Waals surface area contributed by atoms with Crippen molar-refractivity contribution in [2.75, 3.05) is 0 Å². The van der Waals surface area contributed by atoms with Gasteiger partial charge in [-0.25, -0.2) is 4.98 Å². The molecular weight excluding hydrogens is 320 g/mol. The van der Waals surface area contributed by atoms with Gasteiger partial charge in [-0.1, -0.05) is 72.3 Å². The van der Waals surface area contributed by atoms with Crippen molar-refractivity contribution in [3.63, 3.8) is 0 Å². The number of amides is 1. The average Bonchev–Trinajstić information content (AvgIpc) is 2.63. The molecular formula is C20H17ClN2O. The van der Waals surface area contributed by atoms with Gasteiger partial charge in [0.25, 0.3) is 5.91 Å². The van der Waals surface area contributed by atoms with E-state index in [1.54, 1.807) is 12.1 Å². The highest BCUT2D eigenvalue weighted by Gasteiger charge is 2.30. The first-order valence-corrected chi connectivity index (χ1v) is 8.02. The number of aromatic nitrogens is 1. The molecule has 120 valence electrons. The van der Waals surface area contributed by atoms with Crippen LogP contribution in [0.5, 0.6) is 0 Å². The summed E-state index contributed by atoms with van der Waals surface area (Å²) in [6.07, 6.45) is 1.53. The maximum absolute atomic E-state index is 12.8. The summed E-state index contributed by atoms with van der Waals surface area (Å²) in [5.41, 5.74) is 1.83. The highest BCUT2D eigenvalue weighted by molar-refractivity contribution is 6.29. The van der Waals surface area contributed by atoms with Gasteiger partial charge in [0.2, 0.25) is 0 Å². The second-order valence-corrected chi connectivity index (χ2v) is 6.07. The lowest BCUT2D eigenvalue weighted by atomic mass is 9.84. The van der Waals surface area contributed by atoms with Crippen LogP contribution in [0.3, 0.4) is 0 Å². The first kappa shape index (κ1) is 16.2. The van der Waals surface area contributed by atoms with E-state index in [4.69, 9.17) is 11.6 Å². The van der Waals surface area contributed by atoms with Crippen molar-refractivity contribution in [2.24, 2.45) is 0 Å². The highest BCUT2D eigenvalue weighted by atomic mass is 35.5. The summed E-state index contributed by atoms with van der Waals surface area (Å²) < 4.78 is 0. The predicted octanol–water partition coefficient (Wildman–Crippen LogP) is 4.43. The van der Waals surface area contributed by atoms with Gasteiger partial charge in [-0.05, 0) is 30.2 Å². The number of hydrogen-bond donors (Lipinski definition) is 1. The number of nitrogens with one attached hydrogen (secondary N) is 1. The minimum atomic E-state index is -0.657. The van der Waals surface area contributed by atoms with E-state index < -0.39 is 5.54 Å². The Labute approximate surface area is 146 Å². The Kier molecular flexibility index (Phi) is 4.63. The molecule has 1 N–H and O–H groups in total. The van der Waals surface area contributed by atoms with Gasteiger partial charge < -0.3 is 5.32 Å². The fourth-order valence-electron chi connectivity index (χ4n) is 2.70. The van der Waals surface area contributed by atoms with Crippen molar-refractivity contribution >= 4 is 17.5 Å². The number of hydrogen-bond acceptors (Lipinski definition) is 2. The Morgan fingerprint density at radius 2 is 1.50 bits per heavy atom. The summed E-state index contributed by atoms with van der Waals surface area (Å²) in [6, 6.07) is 23.0. The largest absolute Gasteiger partial charge is 0.339 e. The van der Waals surface area contributed by atoms with Gasteiger partial charge in [-0.3, -0.25) is 4.79 Å². The third-order valence-corrected chi connectivity index (χ3v) is 4.26. The molecule has 0 spiro atoms. The zero-order valence-corrected chi connectivity index (χ0v) is 14.0.